The topological polar surface area (TPSA) is 62.7 Å². The molecule has 0 radical (unpaired) electrons. The first kappa shape index (κ1) is 15.7. The third kappa shape index (κ3) is 4.97. The Morgan fingerprint density at radius 1 is 1.29 bits per heavy atom. The molecule has 1 aromatic heterocycles. The minimum atomic E-state index is 0.550. The van der Waals surface area contributed by atoms with Crippen molar-refractivity contribution in [2.45, 2.75) is 27.2 Å². The van der Waals surface area contributed by atoms with Crippen molar-refractivity contribution >= 4 is 33.4 Å². The van der Waals surface area contributed by atoms with Crippen molar-refractivity contribution in [2.75, 3.05) is 17.2 Å². The normalized spacial score (nSPS) is 10.7. The van der Waals surface area contributed by atoms with Crippen LogP contribution < -0.4 is 10.6 Å². The Morgan fingerprint density at radius 3 is 2.81 bits per heavy atom. The average Bonchev–Trinajstić information content (AvgIpc) is 2.43. The second-order valence-electron chi connectivity index (χ2n) is 5.36. The minimum absolute atomic E-state index is 0.550. The van der Waals surface area contributed by atoms with Crippen LogP contribution in [0.3, 0.4) is 0 Å². The summed E-state index contributed by atoms with van der Waals surface area (Å²) >= 11 is 3.49. The largest absolute Gasteiger partial charge is 0.353 e. The number of anilines is 3. The molecule has 2 aromatic rings. The number of aromatic nitrogens is 3. The smallest absolute Gasteiger partial charge is 0.244 e. The molecular formula is C15H20BrN5. The van der Waals surface area contributed by atoms with Crippen LogP contribution in [0.2, 0.25) is 0 Å². The van der Waals surface area contributed by atoms with E-state index in [1.54, 1.807) is 6.20 Å². The average molecular weight is 350 g/mol. The highest BCUT2D eigenvalue weighted by atomic mass is 79.9. The van der Waals surface area contributed by atoms with Gasteiger partial charge in [0.1, 0.15) is 0 Å². The van der Waals surface area contributed by atoms with Gasteiger partial charge in [-0.2, -0.15) is 10.1 Å². The molecule has 0 aliphatic carbocycles. The zero-order chi connectivity index (χ0) is 15.2. The Hall–Kier alpha value is -1.69. The lowest BCUT2D eigenvalue weighted by Crippen LogP contribution is -2.09. The second-order valence-corrected chi connectivity index (χ2v) is 6.22. The van der Waals surface area contributed by atoms with Crippen molar-refractivity contribution in [3.05, 3.63) is 34.4 Å². The van der Waals surface area contributed by atoms with Crippen molar-refractivity contribution < 1.29 is 0 Å². The maximum atomic E-state index is 4.41. The van der Waals surface area contributed by atoms with Crippen LogP contribution in [-0.4, -0.2) is 21.7 Å². The highest BCUT2D eigenvalue weighted by Crippen LogP contribution is 2.22. The maximum absolute atomic E-state index is 4.41. The molecule has 5 nitrogen and oxygen atoms in total. The fourth-order valence-electron chi connectivity index (χ4n) is 1.78. The van der Waals surface area contributed by atoms with E-state index >= 15 is 0 Å². The molecule has 0 bridgehead atoms. The van der Waals surface area contributed by atoms with E-state index in [1.165, 1.54) is 0 Å². The molecule has 1 heterocycles. The molecule has 6 heteroatoms. The van der Waals surface area contributed by atoms with Crippen LogP contribution in [0.25, 0.3) is 0 Å². The number of halogens is 1. The van der Waals surface area contributed by atoms with Crippen LogP contribution in [0.15, 0.2) is 28.9 Å². The van der Waals surface area contributed by atoms with Gasteiger partial charge in [-0.05, 0) is 43.0 Å². The van der Waals surface area contributed by atoms with E-state index in [9.17, 15) is 0 Å². The summed E-state index contributed by atoms with van der Waals surface area (Å²) in [6.45, 7) is 7.27. The van der Waals surface area contributed by atoms with Gasteiger partial charge in [0.15, 0.2) is 5.82 Å². The number of hydrogen-bond acceptors (Lipinski definition) is 5. The first-order valence-electron chi connectivity index (χ1n) is 7.01. The van der Waals surface area contributed by atoms with Crippen molar-refractivity contribution in [1.29, 1.82) is 0 Å². The first-order valence-corrected chi connectivity index (χ1v) is 7.80. The Morgan fingerprint density at radius 2 is 2.10 bits per heavy atom. The molecule has 112 valence electrons. The lowest BCUT2D eigenvalue weighted by atomic mass is 10.1. The fourth-order valence-corrected chi connectivity index (χ4v) is 2.03. The van der Waals surface area contributed by atoms with Gasteiger partial charge in [0, 0.05) is 16.7 Å². The highest BCUT2D eigenvalue weighted by molar-refractivity contribution is 9.10. The molecule has 0 fully saturated rings. The van der Waals surface area contributed by atoms with E-state index in [4.69, 9.17) is 0 Å². The molecule has 21 heavy (non-hydrogen) atoms. The molecule has 2 rings (SSSR count). The van der Waals surface area contributed by atoms with Gasteiger partial charge in [-0.1, -0.05) is 29.8 Å². The van der Waals surface area contributed by atoms with Gasteiger partial charge in [0.05, 0.1) is 6.20 Å². The number of rotatable bonds is 6. The van der Waals surface area contributed by atoms with Crippen molar-refractivity contribution in [3.8, 4) is 0 Å². The van der Waals surface area contributed by atoms with E-state index in [-0.39, 0.29) is 0 Å². The third-order valence-electron chi connectivity index (χ3n) is 2.99. The van der Waals surface area contributed by atoms with Crippen molar-refractivity contribution in [2.24, 2.45) is 5.92 Å². The standard InChI is InChI=1S/C15H20BrN5/c1-10(2)6-7-17-15-20-14(9-18-21-15)19-12-4-5-13(16)11(3)8-12/h4-5,8-10H,6-7H2,1-3H3,(H2,17,19,20,21). The van der Waals surface area contributed by atoms with Crippen LogP contribution in [-0.2, 0) is 0 Å². The summed E-state index contributed by atoms with van der Waals surface area (Å²) < 4.78 is 1.09. The fraction of sp³-hybridized carbons (Fsp3) is 0.400. The minimum Gasteiger partial charge on any atom is -0.353 e. The summed E-state index contributed by atoms with van der Waals surface area (Å²) in [5, 5.41) is 14.4. The zero-order valence-electron chi connectivity index (χ0n) is 12.5. The molecule has 0 atom stereocenters. The molecule has 0 saturated heterocycles. The van der Waals surface area contributed by atoms with Gasteiger partial charge in [-0.15, -0.1) is 5.10 Å². The summed E-state index contributed by atoms with van der Waals surface area (Å²) in [6, 6.07) is 6.05. The van der Waals surface area contributed by atoms with Gasteiger partial charge in [-0.3, -0.25) is 0 Å². The quantitative estimate of drug-likeness (QED) is 0.820. The Kier molecular flexibility index (Phi) is 5.50. The number of hydrogen-bond donors (Lipinski definition) is 2. The molecule has 0 unspecified atom stereocenters. The Balaban J connectivity index is 2.01. The molecule has 1 aromatic carbocycles. The van der Waals surface area contributed by atoms with E-state index in [0.717, 1.165) is 28.7 Å². The molecule has 0 aliphatic heterocycles. The van der Waals surface area contributed by atoms with Crippen LogP contribution in [0.5, 0.6) is 0 Å². The molecule has 0 spiro atoms. The summed E-state index contributed by atoms with van der Waals surface area (Å²) in [5.41, 5.74) is 2.14. The van der Waals surface area contributed by atoms with Crippen molar-refractivity contribution in [3.63, 3.8) is 0 Å². The summed E-state index contributed by atoms with van der Waals surface area (Å²) in [4.78, 5) is 4.41. The van der Waals surface area contributed by atoms with Crippen LogP contribution in [0.1, 0.15) is 25.8 Å². The molecular weight excluding hydrogens is 330 g/mol. The third-order valence-corrected chi connectivity index (χ3v) is 3.88. The maximum Gasteiger partial charge on any atom is 0.244 e. The molecule has 0 amide bonds. The van der Waals surface area contributed by atoms with Crippen LogP contribution in [0.4, 0.5) is 17.5 Å². The van der Waals surface area contributed by atoms with E-state index in [0.29, 0.717) is 17.7 Å². The van der Waals surface area contributed by atoms with Gasteiger partial charge in [0.25, 0.3) is 0 Å². The lowest BCUT2D eigenvalue weighted by molar-refractivity contribution is 0.605. The Labute approximate surface area is 133 Å². The molecule has 0 saturated carbocycles. The highest BCUT2D eigenvalue weighted by Gasteiger charge is 2.03. The number of nitrogens with one attached hydrogen (secondary N) is 2. The second kappa shape index (κ2) is 7.36. The van der Waals surface area contributed by atoms with Gasteiger partial charge in [-0.25, -0.2) is 0 Å². The predicted octanol–water partition coefficient (Wildman–Crippen LogP) is 4.14. The van der Waals surface area contributed by atoms with E-state index in [2.05, 4.69) is 61.7 Å². The monoisotopic (exact) mass is 349 g/mol. The van der Waals surface area contributed by atoms with Gasteiger partial charge in [0.2, 0.25) is 5.95 Å². The Bertz CT molecular complexity index is 600. The van der Waals surface area contributed by atoms with Crippen LogP contribution >= 0.6 is 15.9 Å². The zero-order valence-corrected chi connectivity index (χ0v) is 14.1. The van der Waals surface area contributed by atoms with Gasteiger partial charge < -0.3 is 10.6 Å². The first-order chi connectivity index (χ1) is 10.0. The summed E-state index contributed by atoms with van der Waals surface area (Å²) in [6.07, 6.45) is 2.69. The SMILES string of the molecule is Cc1cc(Nc2cnnc(NCCC(C)C)n2)ccc1Br. The molecule has 2 N–H and O–H groups in total. The number of benzene rings is 1. The number of aryl methyl sites for hydroxylation is 1. The van der Waals surface area contributed by atoms with E-state index < -0.39 is 0 Å². The van der Waals surface area contributed by atoms with Crippen molar-refractivity contribution in [1.82, 2.24) is 15.2 Å². The van der Waals surface area contributed by atoms with Crippen LogP contribution in [0, 0.1) is 12.8 Å². The van der Waals surface area contributed by atoms with Gasteiger partial charge >= 0.3 is 0 Å². The summed E-state index contributed by atoms with van der Waals surface area (Å²) in [5.74, 6) is 1.88. The summed E-state index contributed by atoms with van der Waals surface area (Å²) in [7, 11) is 0. The molecule has 0 aliphatic rings. The van der Waals surface area contributed by atoms with E-state index in [1.807, 2.05) is 19.1 Å². The lowest BCUT2D eigenvalue weighted by Gasteiger charge is -2.09. The predicted molar refractivity (Wildman–Crippen MR) is 89.9 cm³/mol. The number of nitrogens with zero attached hydrogens (tertiary/aromatic N) is 3.